The van der Waals surface area contributed by atoms with Crippen LogP contribution in [-0.2, 0) is 10.2 Å². The van der Waals surface area contributed by atoms with E-state index >= 15 is 0 Å². The quantitative estimate of drug-likeness (QED) is 0.883. The van der Waals surface area contributed by atoms with Crippen LogP contribution in [0.25, 0.3) is 0 Å². The molecule has 1 aliphatic heterocycles. The van der Waals surface area contributed by atoms with Gasteiger partial charge in [0.25, 0.3) is 0 Å². The standard InChI is InChI=1S/C13H19N3O4S/c1-10-8-15(9-11(2)16(10)13(17)18)21(19,20)14-12-6-4-3-5-7-12/h3-7,10-11,14H,8-9H2,1-2H3,(H,17,18)/t10-,11+. The van der Waals surface area contributed by atoms with Crippen molar-refractivity contribution in [1.29, 1.82) is 0 Å². The summed E-state index contributed by atoms with van der Waals surface area (Å²) in [6.07, 6.45) is -1.02. The van der Waals surface area contributed by atoms with E-state index in [2.05, 4.69) is 4.72 Å². The van der Waals surface area contributed by atoms with E-state index in [0.29, 0.717) is 5.69 Å². The van der Waals surface area contributed by atoms with Crippen LogP contribution in [0.15, 0.2) is 30.3 Å². The number of nitrogens with zero attached hydrogens (tertiary/aromatic N) is 2. The number of amides is 1. The molecule has 1 heterocycles. The van der Waals surface area contributed by atoms with Crippen molar-refractivity contribution in [3.05, 3.63) is 30.3 Å². The van der Waals surface area contributed by atoms with Crippen LogP contribution in [0.3, 0.4) is 0 Å². The van der Waals surface area contributed by atoms with Crippen LogP contribution < -0.4 is 4.72 Å². The zero-order valence-corrected chi connectivity index (χ0v) is 12.7. The topological polar surface area (TPSA) is 90.0 Å². The first-order valence-corrected chi connectivity index (χ1v) is 8.09. The third-order valence-corrected chi connectivity index (χ3v) is 4.94. The second-order valence-electron chi connectivity index (χ2n) is 5.18. The number of carboxylic acid groups (broad SMARTS) is 1. The maximum atomic E-state index is 12.4. The van der Waals surface area contributed by atoms with E-state index in [0.717, 1.165) is 0 Å². The Balaban J connectivity index is 2.13. The lowest BCUT2D eigenvalue weighted by Crippen LogP contribution is -2.60. The van der Waals surface area contributed by atoms with Gasteiger partial charge in [0.15, 0.2) is 0 Å². The van der Waals surface area contributed by atoms with E-state index < -0.39 is 28.4 Å². The number of anilines is 1. The number of hydrogen-bond donors (Lipinski definition) is 2. The fourth-order valence-electron chi connectivity index (χ4n) is 2.57. The van der Waals surface area contributed by atoms with Gasteiger partial charge in [-0.25, -0.2) is 4.79 Å². The number of nitrogens with one attached hydrogen (secondary N) is 1. The average Bonchev–Trinajstić information content (AvgIpc) is 2.38. The van der Waals surface area contributed by atoms with Crippen molar-refractivity contribution in [3.63, 3.8) is 0 Å². The summed E-state index contributed by atoms with van der Waals surface area (Å²) < 4.78 is 28.5. The maximum absolute atomic E-state index is 12.4. The van der Waals surface area contributed by atoms with Crippen LogP contribution in [0.2, 0.25) is 0 Å². The van der Waals surface area contributed by atoms with E-state index in [1.54, 1.807) is 44.2 Å². The van der Waals surface area contributed by atoms with Crippen molar-refractivity contribution in [2.45, 2.75) is 25.9 Å². The summed E-state index contributed by atoms with van der Waals surface area (Å²) in [4.78, 5) is 12.5. The summed E-state index contributed by atoms with van der Waals surface area (Å²) >= 11 is 0. The molecule has 1 aromatic rings. The molecule has 8 heteroatoms. The lowest BCUT2D eigenvalue weighted by molar-refractivity contribution is 0.0686. The average molecular weight is 313 g/mol. The first-order valence-electron chi connectivity index (χ1n) is 6.65. The molecule has 0 spiro atoms. The van der Waals surface area contributed by atoms with Crippen molar-refractivity contribution < 1.29 is 18.3 Å². The van der Waals surface area contributed by atoms with Crippen LogP contribution in [0.1, 0.15) is 13.8 Å². The molecule has 0 aromatic heterocycles. The van der Waals surface area contributed by atoms with Gasteiger partial charge in [0.1, 0.15) is 0 Å². The monoisotopic (exact) mass is 313 g/mol. The molecule has 21 heavy (non-hydrogen) atoms. The molecule has 1 aromatic carbocycles. The number of carbonyl (C=O) groups is 1. The second-order valence-corrected chi connectivity index (χ2v) is 6.85. The molecule has 116 valence electrons. The van der Waals surface area contributed by atoms with Crippen LogP contribution in [-0.4, -0.2) is 54.0 Å². The normalized spacial score (nSPS) is 23.8. The van der Waals surface area contributed by atoms with Crippen molar-refractivity contribution in [2.24, 2.45) is 0 Å². The highest BCUT2D eigenvalue weighted by Crippen LogP contribution is 2.20. The summed E-state index contributed by atoms with van der Waals surface area (Å²) in [6.45, 7) is 3.68. The zero-order valence-electron chi connectivity index (χ0n) is 11.9. The van der Waals surface area contributed by atoms with Gasteiger partial charge in [0, 0.05) is 30.9 Å². The van der Waals surface area contributed by atoms with Crippen LogP contribution >= 0.6 is 0 Å². The largest absolute Gasteiger partial charge is 0.465 e. The Hall–Kier alpha value is -1.80. The molecule has 0 radical (unpaired) electrons. The van der Waals surface area contributed by atoms with Gasteiger partial charge in [-0.3, -0.25) is 4.72 Å². The third kappa shape index (κ3) is 3.45. The molecule has 1 fully saturated rings. The number of para-hydroxylation sites is 1. The van der Waals surface area contributed by atoms with Gasteiger partial charge in [0.05, 0.1) is 0 Å². The van der Waals surface area contributed by atoms with Crippen molar-refractivity contribution >= 4 is 22.0 Å². The highest BCUT2D eigenvalue weighted by atomic mass is 32.2. The van der Waals surface area contributed by atoms with Gasteiger partial charge >= 0.3 is 16.3 Å². The summed E-state index contributed by atoms with van der Waals surface area (Å²) in [5.41, 5.74) is 0.485. The zero-order chi connectivity index (χ0) is 15.6. The summed E-state index contributed by atoms with van der Waals surface area (Å²) in [6, 6.07) is 7.83. The predicted octanol–water partition coefficient (Wildman–Crippen LogP) is 1.42. The molecule has 0 bridgehead atoms. The van der Waals surface area contributed by atoms with E-state index in [1.165, 1.54) is 9.21 Å². The Bertz CT molecular complexity index is 593. The third-order valence-electron chi connectivity index (χ3n) is 3.47. The molecule has 1 saturated heterocycles. The molecule has 0 unspecified atom stereocenters. The predicted molar refractivity (Wildman–Crippen MR) is 79.3 cm³/mol. The Labute approximate surface area is 124 Å². The molecule has 1 amide bonds. The summed E-state index contributed by atoms with van der Waals surface area (Å²) in [5.74, 6) is 0. The summed E-state index contributed by atoms with van der Waals surface area (Å²) in [5, 5.41) is 9.15. The first kappa shape index (κ1) is 15.6. The SMILES string of the molecule is C[C@@H]1CN(S(=O)(=O)Nc2ccccc2)C[C@H](C)N1C(=O)O. The molecule has 2 N–H and O–H groups in total. The molecule has 0 aliphatic carbocycles. The Morgan fingerprint density at radius 3 is 2.19 bits per heavy atom. The van der Waals surface area contributed by atoms with Crippen LogP contribution in [0.4, 0.5) is 10.5 Å². The van der Waals surface area contributed by atoms with Gasteiger partial charge in [-0.05, 0) is 26.0 Å². The number of piperazine rings is 1. The van der Waals surface area contributed by atoms with Crippen molar-refractivity contribution in [1.82, 2.24) is 9.21 Å². The van der Waals surface area contributed by atoms with E-state index in [9.17, 15) is 13.2 Å². The minimum absolute atomic E-state index is 0.138. The van der Waals surface area contributed by atoms with Gasteiger partial charge in [-0.1, -0.05) is 18.2 Å². The molecule has 7 nitrogen and oxygen atoms in total. The lowest BCUT2D eigenvalue weighted by Gasteiger charge is -2.41. The van der Waals surface area contributed by atoms with E-state index in [1.807, 2.05) is 0 Å². The van der Waals surface area contributed by atoms with Gasteiger partial charge in [0.2, 0.25) is 0 Å². The minimum Gasteiger partial charge on any atom is -0.465 e. The Morgan fingerprint density at radius 2 is 1.71 bits per heavy atom. The number of hydrogen-bond acceptors (Lipinski definition) is 3. The Morgan fingerprint density at radius 1 is 1.19 bits per heavy atom. The molecular weight excluding hydrogens is 294 g/mol. The molecular formula is C13H19N3O4S. The highest BCUT2D eigenvalue weighted by Gasteiger charge is 2.37. The molecule has 0 saturated carbocycles. The lowest BCUT2D eigenvalue weighted by atomic mass is 10.1. The number of benzene rings is 1. The van der Waals surface area contributed by atoms with Crippen LogP contribution in [0.5, 0.6) is 0 Å². The van der Waals surface area contributed by atoms with Crippen LogP contribution in [0, 0.1) is 0 Å². The maximum Gasteiger partial charge on any atom is 0.407 e. The van der Waals surface area contributed by atoms with E-state index in [-0.39, 0.29) is 13.1 Å². The fourth-order valence-corrected chi connectivity index (χ4v) is 3.95. The highest BCUT2D eigenvalue weighted by molar-refractivity contribution is 7.90. The fraction of sp³-hybridized carbons (Fsp3) is 0.462. The number of rotatable bonds is 3. The minimum atomic E-state index is -3.69. The smallest absolute Gasteiger partial charge is 0.407 e. The molecule has 2 atom stereocenters. The van der Waals surface area contributed by atoms with Gasteiger partial charge in [-0.2, -0.15) is 12.7 Å². The Kier molecular flexibility index (Phi) is 4.38. The molecule has 1 aliphatic rings. The first-order chi connectivity index (χ1) is 9.81. The van der Waals surface area contributed by atoms with Crippen molar-refractivity contribution in [3.8, 4) is 0 Å². The van der Waals surface area contributed by atoms with E-state index in [4.69, 9.17) is 5.11 Å². The van der Waals surface area contributed by atoms with Gasteiger partial charge in [-0.15, -0.1) is 0 Å². The van der Waals surface area contributed by atoms with Gasteiger partial charge < -0.3 is 10.0 Å². The second kappa shape index (κ2) is 5.90. The van der Waals surface area contributed by atoms with Crippen molar-refractivity contribution in [2.75, 3.05) is 17.8 Å². The molecule has 2 rings (SSSR count). The summed E-state index contributed by atoms with van der Waals surface area (Å²) in [7, 11) is -3.69.